The van der Waals surface area contributed by atoms with Crippen LogP contribution in [0.4, 0.5) is 11.4 Å². The van der Waals surface area contributed by atoms with Crippen molar-refractivity contribution in [2.24, 2.45) is 5.92 Å². The third-order valence-corrected chi connectivity index (χ3v) is 4.25. The van der Waals surface area contributed by atoms with Crippen LogP contribution >= 0.6 is 0 Å². The molecule has 5 nitrogen and oxygen atoms in total. The fourth-order valence-corrected chi connectivity index (χ4v) is 2.93. The predicted octanol–water partition coefficient (Wildman–Crippen LogP) is 4.27. The minimum Gasteiger partial charge on any atom is -0.481 e. The van der Waals surface area contributed by atoms with Crippen molar-refractivity contribution >= 4 is 23.1 Å². The Hall–Kier alpha value is -2.04. The molecular formula is C19H30N2O3. The number of carbonyl (C=O) groups is 2. The van der Waals surface area contributed by atoms with E-state index in [0.717, 1.165) is 12.8 Å². The molecule has 1 aromatic carbocycles. The zero-order valence-electron chi connectivity index (χ0n) is 14.6. The molecule has 0 aliphatic rings. The van der Waals surface area contributed by atoms with Gasteiger partial charge in [0.15, 0.2) is 5.78 Å². The summed E-state index contributed by atoms with van der Waals surface area (Å²) in [5.74, 6) is -1.21. The Labute approximate surface area is 144 Å². The average molecular weight is 334 g/mol. The second-order valence-corrected chi connectivity index (χ2v) is 6.44. The highest BCUT2D eigenvalue weighted by Crippen LogP contribution is 2.24. The number of carbonyl (C=O) groups excluding carboxylic acids is 1. The summed E-state index contributed by atoms with van der Waals surface area (Å²) in [6.45, 7) is 2.18. The first-order valence-electron chi connectivity index (χ1n) is 8.86. The van der Waals surface area contributed by atoms with Crippen molar-refractivity contribution in [2.75, 3.05) is 11.5 Å². The molecule has 134 valence electrons. The fourth-order valence-electron chi connectivity index (χ4n) is 2.93. The summed E-state index contributed by atoms with van der Waals surface area (Å²) in [5, 5.41) is 8.92. The SMILES string of the molecule is CCCCCCCCC(CCC(=O)O)C(=O)c1cc(N)cc(N)c1. The number of nitrogens with two attached hydrogens (primary N) is 2. The van der Waals surface area contributed by atoms with Gasteiger partial charge in [0, 0.05) is 29.3 Å². The lowest BCUT2D eigenvalue weighted by atomic mass is 9.88. The number of rotatable bonds is 12. The Morgan fingerprint density at radius 1 is 0.958 bits per heavy atom. The number of carboxylic acid groups (broad SMARTS) is 1. The molecule has 5 heteroatoms. The number of aliphatic carboxylic acids is 1. The van der Waals surface area contributed by atoms with Crippen molar-refractivity contribution in [2.45, 2.75) is 64.7 Å². The van der Waals surface area contributed by atoms with Gasteiger partial charge in [-0.1, -0.05) is 45.4 Å². The monoisotopic (exact) mass is 334 g/mol. The van der Waals surface area contributed by atoms with Crippen LogP contribution in [-0.4, -0.2) is 16.9 Å². The average Bonchev–Trinajstić information content (AvgIpc) is 2.51. The number of nitrogen functional groups attached to an aromatic ring is 2. The smallest absolute Gasteiger partial charge is 0.303 e. The van der Waals surface area contributed by atoms with Gasteiger partial charge in [-0.25, -0.2) is 0 Å². The van der Waals surface area contributed by atoms with Crippen LogP contribution in [0.25, 0.3) is 0 Å². The van der Waals surface area contributed by atoms with Gasteiger partial charge in [-0.3, -0.25) is 9.59 Å². The molecule has 0 saturated carbocycles. The maximum atomic E-state index is 12.7. The van der Waals surface area contributed by atoms with Gasteiger partial charge >= 0.3 is 5.97 Å². The van der Waals surface area contributed by atoms with Crippen molar-refractivity contribution in [1.82, 2.24) is 0 Å². The lowest BCUT2D eigenvalue weighted by molar-refractivity contribution is -0.137. The summed E-state index contributed by atoms with van der Waals surface area (Å²) in [4.78, 5) is 23.6. The van der Waals surface area contributed by atoms with Crippen LogP contribution in [-0.2, 0) is 4.79 Å². The number of ketones is 1. The Morgan fingerprint density at radius 3 is 2.12 bits per heavy atom. The number of anilines is 2. The number of hydrogen-bond donors (Lipinski definition) is 3. The van der Waals surface area contributed by atoms with E-state index in [1.807, 2.05) is 0 Å². The normalized spacial score (nSPS) is 12.0. The molecule has 0 aliphatic heterocycles. The first-order chi connectivity index (χ1) is 11.4. The third-order valence-electron chi connectivity index (χ3n) is 4.25. The molecule has 0 amide bonds. The van der Waals surface area contributed by atoms with Crippen molar-refractivity contribution in [1.29, 1.82) is 0 Å². The molecule has 1 aromatic rings. The maximum absolute atomic E-state index is 12.7. The van der Waals surface area contributed by atoms with Crippen LogP contribution in [0.2, 0.25) is 0 Å². The molecule has 0 heterocycles. The molecule has 0 aromatic heterocycles. The van der Waals surface area contributed by atoms with Gasteiger partial charge in [-0.05, 0) is 31.0 Å². The molecule has 0 aliphatic carbocycles. The predicted molar refractivity (Wildman–Crippen MR) is 98.0 cm³/mol. The number of benzene rings is 1. The minimum atomic E-state index is -0.872. The van der Waals surface area contributed by atoms with Crippen LogP contribution in [0.15, 0.2) is 18.2 Å². The summed E-state index contributed by atoms with van der Waals surface area (Å²) in [5.41, 5.74) is 12.9. The highest BCUT2D eigenvalue weighted by atomic mass is 16.4. The van der Waals surface area contributed by atoms with Gasteiger partial charge in [-0.2, -0.15) is 0 Å². The Kier molecular flexibility index (Phi) is 8.90. The molecule has 1 rings (SSSR count). The zero-order chi connectivity index (χ0) is 17.9. The summed E-state index contributed by atoms with van der Waals surface area (Å²) in [7, 11) is 0. The van der Waals surface area contributed by atoms with E-state index in [-0.39, 0.29) is 18.1 Å². The van der Waals surface area contributed by atoms with Gasteiger partial charge in [0.05, 0.1) is 0 Å². The van der Waals surface area contributed by atoms with E-state index >= 15 is 0 Å². The lowest BCUT2D eigenvalue weighted by Crippen LogP contribution is -2.17. The van der Waals surface area contributed by atoms with E-state index in [1.165, 1.54) is 25.7 Å². The van der Waals surface area contributed by atoms with E-state index in [1.54, 1.807) is 18.2 Å². The Balaban J connectivity index is 2.65. The molecule has 1 atom stereocenters. The zero-order valence-corrected chi connectivity index (χ0v) is 14.6. The third kappa shape index (κ3) is 7.49. The van der Waals surface area contributed by atoms with Crippen molar-refractivity contribution in [3.8, 4) is 0 Å². The molecule has 5 N–H and O–H groups in total. The first-order valence-corrected chi connectivity index (χ1v) is 8.86. The summed E-state index contributed by atoms with van der Waals surface area (Å²) in [6, 6.07) is 4.85. The summed E-state index contributed by atoms with van der Waals surface area (Å²) < 4.78 is 0. The van der Waals surface area contributed by atoms with Crippen LogP contribution in [0.5, 0.6) is 0 Å². The molecule has 0 saturated heterocycles. The molecule has 1 unspecified atom stereocenters. The van der Waals surface area contributed by atoms with Crippen LogP contribution in [0.1, 0.15) is 75.1 Å². The molecule has 24 heavy (non-hydrogen) atoms. The van der Waals surface area contributed by atoms with Crippen molar-refractivity contribution < 1.29 is 14.7 Å². The number of carboxylic acids is 1. The maximum Gasteiger partial charge on any atom is 0.303 e. The van der Waals surface area contributed by atoms with E-state index in [4.69, 9.17) is 16.6 Å². The van der Waals surface area contributed by atoms with E-state index in [2.05, 4.69) is 6.92 Å². The standard InChI is InChI=1S/C19H30N2O3/c1-2-3-4-5-6-7-8-14(9-10-18(22)23)19(24)15-11-16(20)13-17(21)12-15/h11-14H,2-10,20-21H2,1H3,(H,22,23). The second kappa shape index (κ2) is 10.7. The molecule has 0 bridgehead atoms. The van der Waals surface area contributed by atoms with E-state index in [9.17, 15) is 9.59 Å². The molecule has 0 radical (unpaired) electrons. The molecule has 0 spiro atoms. The largest absolute Gasteiger partial charge is 0.481 e. The van der Waals surface area contributed by atoms with Gasteiger partial charge in [0.1, 0.15) is 0 Å². The quantitative estimate of drug-likeness (QED) is 0.301. The summed E-state index contributed by atoms with van der Waals surface area (Å²) in [6.07, 6.45) is 7.93. The van der Waals surface area contributed by atoms with Crippen LogP contribution in [0, 0.1) is 5.92 Å². The van der Waals surface area contributed by atoms with Gasteiger partial charge < -0.3 is 16.6 Å². The highest BCUT2D eigenvalue weighted by molar-refractivity contribution is 5.99. The van der Waals surface area contributed by atoms with Crippen LogP contribution in [0.3, 0.4) is 0 Å². The Bertz CT molecular complexity index is 523. The lowest BCUT2D eigenvalue weighted by Gasteiger charge is -2.16. The first kappa shape index (κ1) is 20.0. The number of Topliss-reactive ketones (excluding diaryl/α,β-unsaturated/α-hetero) is 1. The van der Waals surface area contributed by atoms with Crippen molar-refractivity contribution in [3.05, 3.63) is 23.8 Å². The van der Waals surface area contributed by atoms with E-state index < -0.39 is 5.97 Å². The van der Waals surface area contributed by atoms with Gasteiger partial charge in [0.25, 0.3) is 0 Å². The molecular weight excluding hydrogens is 304 g/mol. The van der Waals surface area contributed by atoms with Crippen molar-refractivity contribution in [3.63, 3.8) is 0 Å². The molecule has 0 fully saturated rings. The van der Waals surface area contributed by atoms with E-state index in [0.29, 0.717) is 29.8 Å². The van der Waals surface area contributed by atoms with Gasteiger partial charge in [0.2, 0.25) is 0 Å². The second-order valence-electron chi connectivity index (χ2n) is 6.44. The topological polar surface area (TPSA) is 106 Å². The van der Waals surface area contributed by atoms with Gasteiger partial charge in [-0.15, -0.1) is 0 Å². The van der Waals surface area contributed by atoms with Crippen LogP contribution < -0.4 is 11.5 Å². The Morgan fingerprint density at radius 2 is 1.54 bits per heavy atom. The number of unbranched alkanes of at least 4 members (excludes halogenated alkanes) is 5. The number of hydrogen-bond acceptors (Lipinski definition) is 4. The highest BCUT2D eigenvalue weighted by Gasteiger charge is 2.21. The summed E-state index contributed by atoms with van der Waals surface area (Å²) >= 11 is 0. The fraction of sp³-hybridized carbons (Fsp3) is 0.579. The minimum absolute atomic E-state index is 0.00401.